The normalized spacial score (nSPS) is 20.5. The first kappa shape index (κ1) is 23.8. The maximum atomic E-state index is 13.5. The van der Waals surface area contributed by atoms with Crippen LogP contribution in [0.2, 0.25) is 0 Å². The van der Waals surface area contributed by atoms with Gasteiger partial charge in [0.2, 0.25) is 5.91 Å². The van der Waals surface area contributed by atoms with Crippen LogP contribution in [0.4, 0.5) is 0 Å². The summed E-state index contributed by atoms with van der Waals surface area (Å²) in [5.41, 5.74) is 5.67. The van der Waals surface area contributed by atoms with Crippen molar-refractivity contribution in [3.63, 3.8) is 0 Å². The molecule has 6 heteroatoms. The van der Waals surface area contributed by atoms with Gasteiger partial charge in [-0.15, -0.1) is 11.3 Å². The molecule has 5 rings (SSSR count). The molecule has 1 aromatic heterocycles. The van der Waals surface area contributed by atoms with Crippen molar-refractivity contribution < 1.29 is 9.59 Å². The van der Waals surface area contributed by atoms with E-state index in [9.17, 15) is 9.59 Å². The largest absolute Gasteiger partial charge is 0.338 e. The highest BCUT2D eigenvalue weighted by atomic mass is 32.1. The molecule has 0 unspecified atom stereocenters. The zero-order valence-electron chi connectivity index (χ0n) is 20.7. The van der Waals surface area contributed by atoms with Crippen LogP contribution in [-0.4, -0.2) is 65.3 Å². The van der Waals surface area contributed by atoms with Gasteiger partial charge in [-0.2, -0.15) is 0 Å². The molecule has 1 saturated heterocycles. The fourth-order valence-electron chi connectivity index (χ4n) is 5.30. The molecule has 0 aliphatic carbocycles. The Morgan fingerprint density at radius 3 is 2.29 bits per heavy atom. The van der Waals surface area contributed by atoms with Gasteiger partial charge in [-0.05, 0) is 61.9 Å². The van der Waals surface area contributed by atoms with Crippen LogP contribution in [0.5, 0.6) is 0 Å². The van der Waals surface area contributed by atoms with Gasteiger partial charge < -0.3 is 9.80 Å². The molecule has 0 spiro atoms. The van der Waals surface area contributed by atoms with Gasteiger partial charge in [0.1, 0.15) is 0 Å². The van der Waals surface area contributed by atoms with E-state index in [0.717, 1.165) is 18.5 Å². The van der Waals surface area contributed by atoms with E-state index in [0.29, 0.717) is 31.7 Å². The summed E-state index contributed by atoms with van der Waals surface area (Å²) in [7, 11) is 0. The van der Waals surface area contributed by atoms with Crippen molar-refractivity contribution in [3.05, 3.63) is 92.7 Å². The van der Waals surface area contributed by atoms with E-state index in [4.69, 9.17) is 0 Å². The van der Waals surface area contributed by atoms with Gasteiger partial charge in [0.15, 0.2) is 0 Å². The summed E-state index contributed by atoms with van der Waals surface area (Å²) in [6.45, 7) is 9.15. The number of carbonyl (C=O) groups is 2. The molecular weight excluding hydrogens is 454 g/mol. The first-order valence-corrected chi connectivity index (χ1v) is 13.3. The maximum Gasteiger partial charge on any atom is 0.254 e. The van der Waals surface area contributed by atoms with Crippen LogP contribution >= 0.6 is 11.3 Å². The standard InChI is InChI=1S/C29H33N3O2S/c1-20-4-8-23(9-5-20)28-25-13-17-35-26(25)12-14-31(28)19-27(33)30-15-16-32(22(3)18-30)29(34)24-10-6-21(2)7-11-24/h4-11,13,17,22,28H,12,14-16,18-19H2,1-3H3/t22-,28-/m1/s1. The molecule has 3 aromatic rings. The molecule has 3 heterocycles. The minimum absolute atomic E-state index is 0.0146. The fourth-order valence-corrected chi connectivity index (χ4v) is 6.20. The number of hydrogen-bond donors (Lipinski definition) is 0. The molecule has 0 bridgehead atoms. The zero-order valence-corrected chi connectivity index (χ0v) is 21.6. The van der Waals surface area contributed by atoms with Crippen molar-refractivity contribution in [2.75, 3.05) is 32.7 Å². The molecule has 2 amide bonds. The van der Waals surface area contributed by atoms with Crippen molar-refractivity contribution in [3.8, 4) is 0 Å². The van der Waals surface area contributed by atoms with Crippen molar-refractivity contribution in [2.24, 2.45) is 0 Å². The Hall–Kier alpha value is -2.96. The van der Waals surface area contributed by atoms with Crippen LogP contribution in [0.3, 0.4) is 0 Å². The molecular formula is C29H33N3O2S. The van der Waals surface area contributed by atoms with Gasteiger partial charge in [-0.3, -0.25) is 14.5 Å². The van der Waals surface area contributed by atoms with Gasteiger partial charge >= 0.3 is 0 Å². The number of fused-ring (bicyclic) bond motifs is 1. The van der Waals surface area contributed by atoms with E-state index in [2.05, 4.69) is 47.5 Å². The molecule has 35 heavy (non-hydrogen) atoms. The number of benzene rings is 2. The Labute approximate surface area is 212 Å². The molecule has 2 aromatic carbocycles. The minimum Gasteiger partial charge on any atom is -0.338 e. The molecule has 2 aliphatic rings. The van der Waals surface area contributed by atoms with Crippen LogP contribution in [0.1, 0.15) is 50.5 Å². The third-order valence-electron chi connectivity index (χ3n) is 7.34. The number of aryl methyl sites for hydroxylation is 2. The second kappa shape index (κ2) is 9.96. The Morgan fingerprint density at radius 2 is 1.60 bits per heavy atom. The fraction of sp³-hybridized carbons (Fsp3) is 0.379. The third kappa shape index (κ3) is 4.91. The Morgan fingerprint density at radius 1 is 0.914 bits per heavy atom. The van der Waals surface area contributed by atoms with Gasteiger partial charge in [-0.25, -0.2) is 0 Å². The van der Waals surface area contributed by atoms with Gasteiger partial charge in [0.05, 0.1) is 12.6 Å². The van der Waals surface area contributed by atoms with Crippen LogP contribution in [-0.2, 0) is 11.2 Å². The molecule has 182 valence electrons. The Balaban J connectivity index is 1.27. The van der Waals surface area contributed by atoms with Crippen molar-refractivity contribution in [1.29, 1.82) is 0 Å². The predicted molar refractivity (Wildman–Crippen MR) is 141 cm³/mol. The van der Waals surface area contributed by atoms with E-state index < -0.39 is 0 Å². The van der Waals surface area contributed by atoms with E-state index in [1.807, 2.05) is 59.2 Å². The topological polar surface area (TPSA) is 43.9 Å². The minimum atomic E-state index is -0.0146. The lowest BCUT2D eigenvalue weighted by atomic mass is 9.92. The maximum absolute atomic E-state index is 13.5. The smallest absolute Gasteiger partial charge is 0.254 e. The molecule has 5 nitrogen and oxygen atoms in total. The van der Waals surface area contributed by atoms with Crippen molar-refractivity contribution in [2.45, 2.75) is 39.3 Å². The monoisotopic (exact) mass is 487 g/mol. The number of rotatable bonds is 4. The number of hydrogen-bond acceptors (Lipinski definition) is 4. The van der Waals surface area contributed by atoms with E-state index in [1.165, 1.54) is 21.6 Å². The average molecular weight is 488 g/mol. The summed E-state index contributed by atoms with van der Waals surface area (Å²) in [6, 6.07) is 18.7. The highest BCUT2D eigenvalue weighted by Crippen LogP contribution is 2.37. The van der Waals surface area contributed by atoms with Crippen LogP contribution in [0.25, 0.3) is 0 Å². The lowest BCUT2D eigenvalue weighted by Gasteiger charge is -2.42. The molecule has 1 fully saturated rings. The Bertz CT molecular complexity index is 1200. The summed E-state index contributed by atoms with van der Waals surface area (Å²) >= 11 is 1.82. The van der Waals surface area contributed by atoms with Crippen LogP contribution in [0, 0.1) is 13.8 Å². The Kier molecular flexibility index (Phi) is 6.76. The molecule has 0 saturated carbocycles. The van der Waals surface area contributed by atoms with E-state index in [-0.39, 0.29) is 23.9 Å². The van der Waals surface area contributed by atoms with E-state index >= 15 is 0 Å². The van der Waals surface area contributed by atoms with Crippen molar-refractivity contribution in [1.82, 2.24) is 14.7 Å². The first-order chi connectivity index (χ1) is 16.9. The quantitative estimate of drug-likeness (QED) is 0.537. The molecule has 0 N–H and O–H groups in total. The number of nitrogens with zero attached hydrogens (tertiary/aromatic N) is 3. The summed E-state index contributed by atoms with van der Waals surface area (Å²) in [5.74, 6) is 0.195. The summed E-state index contributed by atoms with van der Waals surface area (Å²) < 4.78 is 0. The number of thiophene rings is 1. The summed E-state index contributed by atoms with van der Waals surface area (Å²) in [6.07, 6.45) is 0.984. The number of carbonyl (C=O) groups excluding carboxylic acids is 2. The van der Waals surface area contributed by atoms with Crippen LogP contribution < -0.4 is 0 Å². The van der Waals surface area contributed by atoms with E-state index in [1.54, 1.807) is 0 Å². The lowest BCUT2D eigenvalue weighted by Crippen LogP contribution is -2.57. The van der Waals surface area contributed by atoms with Crippen molar-refractivity contribution >= 4 is 23.2 Å². The average Bonchev–Trinajstić information content (AvgIpc) is 3.33. The summed E-state index contributed by atoms with van der Waals surface area (Å²) in [4.78, 5) is 34.1. The molecule has 0 radical (unpaired) electrons. The highest BCUT2D eigenvalue weighted by molar-refractivity contribution is 7.10. The van der Waals surface area contributed by atoms with Gasteiger partial charge in [-0.1, -0.05) is 47.5 Å². The first-order valence-electron chi connectivity index (χ1n) is 12.4. The SMILES string of the molecule is Cc1ccc(C(=O)N2CCN(C(=O)CN3CCc4sccc4[C@H]3c3ccc(C)cc3)C[C@H]2C)cc1. The third-order valence-corrected chi connectivity index (χ3v) is 8.33. The molecule has 2 atom stereocenters. The predicted octanol–water partition coefficient (Wildman–Crippen LogP) is 4.69. The zero-order chi connectivity index (χ0) is 24.5. The second-order valence-electron chi connectivity index (χ2n) is 9.89. The van der Waals surface area contributed by atoms with Gasteiger partial charge in [0, 0.05) is 42.7 Å². The highest BCUT2D eigenvalue weighted by Gasteiger charge is 2.34. The summed E-state index contributed by atoms with van der Waals surface area (Å²) in [5, 5.41) is 2.17. The second-order valence-corrected chi connectivity index (χ2v) is 10.9. The number of amides is 2. The van der Waals surface area contributed by atoms with Crippen LogP contribution in [0.15, 0.2) is 60.0 Å². The lowest BCUT2D eigenvalue weighted by molar-refractivity contribution is -0.135. The molecule has 2 aliphatic heterocycles. The van der Waals surface area contributed by atoms with Gasteiger partial charge in [0.25, 0.3) is 5.91 Å². The number of piperazine rings is 1.